The van der Waals surface area contributed by atoms with Crippen molar-refractivity contribution in [3.05, 3.63) is 106 Å². The minimum absolute atomic E-state index is 0.246. The predicted molar refractivity (Wildman–Crippen MR) is 128 cm³/mol. The number of H-pyrrole nitrogens is 1. The number of aromatic nitrogens is 3. The van der Waals surface area contributed by atoms with Gasteiger partial charge in [-0.1, -0.05) is 78.9 Å². The van der Waals surface area contributed by atoms with Crippen LogP contribution in [0.4, 0.5) is 11.4 Å². The number of azo groups is 1. The average molecular weight is 438 g/mol. The Morgan fingerprint density at radius 1 is 0.844 bits per heavy atom. The zero-order valence-corrected chi connectivity index (χ0v) is 18.1. The first-order valence-corrected chi connectivity index (χ1v) is 11.0. The van der Waals surface area contributed by atoms with Crippen LogP contribution in [0.25, 0.3) is 27.6 Å². The van der Waals surface area contributed by atoms with Crippen molar-refractivity contribution in [2.24, 2.45) is 10.2 Å². The molecule has 0 spiro atoms. The van der Waals surface area contributed by atoms with Crippen molar-refractivity contribution in [1.29, 1.82) is 0 Å². The number of hydrogen-bond acceptors (Lipinski definition) is 5. The number of aryl methyl sites for hydroxylation is 1. The summed E-state index contributed by atoms with van der Waals surface area (Å²) in [5.74, 6) is 0. The largest absolute Gasteiger partial charge is 0.301 e. The van der Waals surface area contributed by atoms with E-state index in [-0.39, 0.29) is 11.2 Å². The van der Waals surface area contributed by atoms with Crippen molar-refractivity contribution in [2.75, 3.05) is 0 Å². The number of hydrogen-bond donors (Lipinski definition) is 1. The second-order valence-corrected chi connectivity index (χ2v) is 8.05. The zero-order valence-electron chi connectivity index (χ0n) is 17.3. The normalized spacial score (nSPS) is 11.3. The standard InChI is InChI=1S/C25H19N5OS/c1-17-10-8-9-15-20(17)27-28-23-22(19-13-6-3-7-14-19)29-30(24(23)31)25-26-21(16-32-25)18-11-4-2-5-12-18/h2-16,29H,1H3. The highest BCUT2D eigenvalue weighted by Crippen LogP contribution is 2.30. The third-order valence-corrected chi connectivity index (χ3v) is 5.88. The van der Waals surface area contributed by atoms with Crippen LogP contribution in [-0.4, -0.2) is 14.8 Å². The molecule has 0 radical (unpaired) electrons. The van der Waals surface area contributed by atoms with Gasteiger partial charge in [0.2, 0.25) is 5.13 Å². The summed E-state index contributed by atoms with van der Waals surface area (Å²) in [7, 11) is 0. The van der Waals surface area contributed by atoms with Gasteiger partial charge in [-0.25, -0.2) is 4.98 Å². The third-order valence-electron chi connectivity index (χ3n) is 5.05. The molecule has 0 atom stereocenters. The van der Waals surface area contributed by atoms with Crippen LogP contribution in [0.15, 0.2) is 105 Å². The van der Waals surface area contributed by atoms with E-state index in [9.17, 15) is 4.79 Å². The van der Waals surface area contributed by atoms with Gasteiger partial charge in [0.15, 0.2) is 5.69 Å². The summed E-state index contributed by atoms with van der Waals surface area (Å²) in [4.78, 5) is 18.0. The van der Waals surface area contributed by atoms with E-state index in [0.29, 0.717) is 10.8 Å². The number of rotatable bonds is 5. The lowest BCUT2D eigenvalue weighted by atomic mass is 10.1. The molecule has 0 aliphatic heterocycles. The lowest BCUT2D eigenvalue weighted by Gasteiger charge is -1.99. The molecule has 0 bridgehead atoms. The molecule has 5 aromatic rings. The van der Waals surface area contributed by atoms with Gasteiger partial charge in [-0.3, -0.25) is 9.89 Å². The second-order valence-electron chi connectivity index (χ2n) is 7.21. The predicted octanol–water partition coefficient (Wildman–Crippen LogP) is 6.68. The molecule has 156 valence electrons. The third kappa shape index (κ3) is 3.81. The first kappa shape index (κ1) is 19.8. The average Bonchev–Trinajstić information content (AvgIpc) is 3.45. The fourth-order valence-corrected chi connectivity index (χ4v) is 4.14. The van der Waals surface area contributed by atoms with Crippen LogP contribution in [0.1, 0.15) is 5.56 Å². The Morgan fingerprint density at radius 2 is 1.50 bits per heavy atom. The molecule has 2 aromatic heterocycles. The number of aromatic amines is 1. The van der Waals surface area contributed by atoms with Crippen LogP contribution < -0.4 is 5.56 Å². The Kier molecular flexibility index (Phi) is 5.31. The van der Waals surface area contributed by atoms with Crippen molar-refractivity contribution < 1.29 is 0 Å². The van der Waals surface area contributed by atoms with E-state index in [1.165, 1.54) is 16.0 Å². The minimum Gasteiger partial charge on any atom is -0.286 e. The van der Waals surface area contributed by atoms with Crippen LogP contribution in [0.5, 0.6) is 0 Å². The molecule has 0 saturated carbocycles. The highest BCUT2D eigenvalue weighted by molar-refractivity contribution is 7.12. The Hall–Kier alpha value is -4.10. The molecule has 0 fully saturated rings. The van der Waals surface area contributed by atoms with E-state index in [0.717, 1.165) is 28.1 Å². The van der Waals surface area contributed by atoms with E-state index < -0.39 is 0 Å². The number of nitrogens with one attached hydrogen (secondary N) is 1. The Bertz CT molecular complexity index is 1450. The van der Waals surface area contributed by atoms with Gasteiger partial charge in [-0.05, 0) is 18.6 Å². The van der Waals surface area contributed by atoms with Crippen molar-refractivity contribution >= 4 is 22.7 Å². The molecule has 7 heteroatoms. The molecule has 0 aliphatic carbocycles. The molecular weight excluding hydrogens is 418 g/mol. The van der Waals surface area contributed by atoms with Crippen molar-refractivity contribution in [2.45, 2.75) is 6.92 Å². The number of thiazole rings is 1. The lowest BCUT2D eigenvalue weighted by molar-refractivity contribution is 0.843. The molecule has 0 saturated heterocycles. The van der Waals surface area contributed by atoms with Gasteiger partial charge >= 0.3 is 5.56 Å². The first-order valence-electron chi connectivity index (χ1n) is 10.1. The fourth-order valence-electron chi connectivity index (χ4n) is 3.35. The highest BCUT2D eigenvalue weighted by Gasteiger charge is 2.19. The molecule has 32 heavy (non-hydrogen) atoms. The summed E-state index contributed by atoms with van der Waals surface area (Å²) in [5.41, 5.74) is 4.92. The quantitative estimate of drug-likeness (QED) is 0.311. The van der Waals surface area contributed by atoms with E-state index in [4.69, 9.17) is 0 Å². The van der Waals surface area contributed by atoms with Crippen LogP contribution in [0, 0.1) is 6.92 Å². The van der Waals surface area contributed by atoms with Gasteiger partial charge in [-0.15, -0.1) is 16.5 Å². The first-order chi connectivity index (χ1) is 15.7. The van der Waals surface area contributed by atoms with E-state index >= 15 is 0 Å². The van der Waals surface area contributed by atoms with Gasteiger partial charge in [-0.2, -0.15) is 9.80 Å². The van der Waals surface area contributed by atoms with E-state index in [1.807, 2.05) is 97.2 Å². The second kappa shape index (κ2) is 8.56. The Balaban J connectivity index is 1.62. The minimum atomic E-state index is -0.296. The molecule has 5 rings (SSSR count). The summed E-state index contributed by atoms with van der Waals surface area (Å²) in [5, 5.41) is 14.4. The molecule has 0 unspecified atom stereocenters. The maximum atomic E-state index is 13.4. The van der Waals surface area contributed by atoms with Gasteiger partial charge in [0.1, 0.15) is 0 Å². The van der Waals surface area contributed by atoms with Crippen LogP contribution in [0.3, 0.4) is 0 Å². The summed E-state index contributed by atoms with van der Waals surface area (Å²) in [6, 6.07) is 27.2. The van der Waals surface area contributed by atoms with E-state index in [1.54, 1.807) is 0 Å². The number of benzene rings is 3. The molecule has 6 nitrogen and oxygen atoms in total. The van der Waals surface area contributed by atoms with E-state index in [2.05, 4.69) is 20.3 Å². The van der Waals surface area contributed by atoms with Crippen molar-refractivity contribution in [1.82, 2.24) is 14.8 Å². The zero-order chi connectivity index (χ0) is 21.9. The van der Waals surface area contributed by atoms with Gasteiger partial charge in [0.05, 0.1) is 17.1 Å². The molecule has 1 N–H and O–H groups in total. The van der Waals surface area contributed by atoms with Crippen LogP contribution in [0.2, 0.25) is 0 Å². The Morgan fingerprint density at radius 3 is 2.22 bits per heavy atom. The molecule has 0 amide bonds. The van der Waals surface area contributed by atoms with Crippen molar-refractivity contribution in [3.63, 3.8) is 0 Å². The fraction of sp³-hybridized carbons (Fsp3) is 0.0400. The highest BCUT2D eigenvalue weighted by atomic mass is 32.1. The maximum absolute atomic E-state index is 13.4. The summed E-state index contributed by atoms with van der Waals surface area (Å²) < 4.78 is 1.44. The number of nitrogens with zero attached hydrogens (tertiary/aromatic N) is 4. The van der Waals surface area contributed by atoms with Gasteiger partial charge in [0, 0.05) is 16.5 Å². The molecule has 0 aliphatic rings. The van der Waals surface area contributed by atoms with Gasteiger partial charge in [0.25, 0.3) is 0 Å². The Labute approximate surface area is 188 Å². The topological polar surface area (TPSA) is 75.4 Å². The summed E-state index contributed by atoms with van der Waals surface area (Å²) >= 11 is 1.39. The lowest BCUT2D eigenvalue weighted by Crippen LogP contribution is -2.13. The van der Waals surface area contributed by atoms with Crippen molar-refractivity contribution in [3.8, 4) is 27.6 Å². The molecular formula is C25H19N5OS. The van der Waals surface area contributed by atoms with Gasteiger partial charge < -0.3 is 0 Å². The monoisotopic (exact) mass is 437 g/mol. The van der Waals surface area contributed by atoms with Crippen LogP contribution in [-0.2, 0) is 0 Å². The maximum Gasteiger partial charge on any atom is 0.301 e. The van der Waals surface area contributed by atoms with Crippen LogP contribution >= 0.6 is 11.3 Å². The summed E-state index contributed by atoms with van der Waals surface area (Å²) in [6.07, 6.45) is 0. The smallest absolute Gasteiger partial charge is 0.286 e. The summed E-state index contributed by atoms with van der Waals surface area (Å²) in [6.45, 7) is 1.96. The molecule has 3 aromatic carbocycles. The SMILES string of the molecule is Cc1ccccc1N=Nc1c(-c2ccccc2)[nH]n(-c2nc(-c3ccccc3)cs2)c1=O. The molecule has 2 heterocycles.